The summed E-state index contributed by atoms with van der Waals surface area (Å²) in [5.41, 5.74) is 6.86. The SMILES string of the molecule is Cc1c(/C=N\NC(=O)[C@@H](CC(C)C)NC(=O)[C@@H](C)Oc2ccc(Cl)cc2Cl)c2ccccc2n1Cc1ccccc1. The smallest absolute Gasteiger partial charge is 0.262 e. The number of halogens is 2. The molecule has 7 nitrogen and oxygen atoms in total. The molecule has 0 fully saturated rings. The molecule has 0 aliphatic rings. The van der Waals surface area contributed by atoms with Gasteiger partial charge >= 0.3 is 0 Å². The van der Waals surface area contributed by atoms with E-state index in [-0.39, 0.29) is 5.92 Å². The van der Waals surface area contributed by atoms with Crippen LogP contribution in [0.3, 0.4) is 0 Å². The minimum atomic E-state index is -0.891. The normalized spacial score (nSPS) is 13.0. The van der Waals surface area contributed by atoms with Crippen LogP contribution in [0.2, 0.25) is 10.0 Å². The average Bonchev–Trinajstić information content (AvgIpc) is 3.20. The van der Waals surface area contributed by atoms with Gasteiger partial charge in [-0.15, -0.1) is 0 Å². The molecule has 2 N–H and O–H groups in total. The molecule has 4 aromatic rings. The Hall–Kier alpha value is -3.81. The molecule has 3 aromatic carbocycles. The first-order valence-corrected chi connectivity index (χ1v) is 14.3. The van der Waals surface area contributed by atoms with Crippen molar-refractivity contribution in [1.29, 1.82) is 0 Å². The van der Waals surface area contributed by atoms with Gasteiger partial charge in [-0.1, -0.05) is 85.6 Å². The van der Waals surface area contributed by atoms with E-state index < -0.39 is 24.0 Å². The first-order valence-electron chi connectivity index (χ1n) is 13.5. The van der Waals surface area contributed by atoms with Gasteiger partial charge in [0.05, 0.1) is 11.2 Å². The monoisotopic (exact) mass is 592 g/mol. The van der Waals surface area contributed by atoms with E-state index in [0.29, 0.717) is 22.2 Å². The molecule has 1 heterocycles. The number of hydrogen-bond donors (Lipinski definition) is 2. The van der Waals surface area contributed by atoms with Gasteiger partial charge in [0.25, 0.3) is 11.8 Å². The lowest BCUT2D eigenvalue weighted by atomic mass is 10.0. The second-order valence-electron chi connectivity index (χ2n) is 10.3. The molecule has 1 aromatic heterocycles. The maximum absolute atomic E-state index is 13.2. The standard InChI is InChI=1S/C32H34Cl2N4O3/c1-20(2)16-28(36-31(39)22(4)41-30-15-14-24(33)17-27(30)34)32(40)37-35-18-26-21(3)38(19-23-10-6-5-7-11-23)29-13-9-8-12-25(26)29/h5-15,17-18,20,22,28H,16,19H2,1-4H3,(H,36,39)(H,37,40)/b35-18-/t22-,28-/m1/s1. The number of fused-ring (bicyclic) bond motifs is 1. The summed E-state index contributed by atoms with van der Waals surface area (Å²) in [6.07, 6.45) is 1.20. The third kappa shape index (κ3) is 7.69. The van der Waals surface area contributed by atoms with Crippen molar-refractivity contribution >= 4 is 52.1 Å². The second kappa shape index (κ2) is 13.7. The van der Waals surface area contributed by atoms with Crippen LogP contribution in [0.4, 0.5) is 0 Å². The number of hydrazone groups is 1. The van der Waals surface area contributed by atoms with Crippen molar-refractivity contribution < 1.29 is 14.3 Å². The number of benzene rings is 3. The number of para-hydroxylation sites is 1. The summed E-state index contributed by atoms with van der Waals surface area (Å²) in [5.74, 6) is -0.378. The van der Waals surface area contributed by atoms with Crippen LogP contribution < -0.4 is 15.5 Å². The lowest BCUT2D eigenvalue weighted by Gasteiger charge is -2.22. The van der Waals surface area contributed by atoms with Crippen LogP contribution in [0.5, 0.6) is 5.75 Å². The molecule has 2 atom stereocenters. The van der Waals surface area contributed by atoms with Gasteiger partial charge in [0.1, 0.15) is 11.8 Å². The first kappa shape index (κ1) is 30.2. The van der Waals surface area contributed by atoms with Crippen molar-refractivity contribution in [2.75, 3.05) is 0 Å². The summed E-state index contributed by atoms with van der Waals surface area (Å²) in [5, 5.41) is 8.88. The van der Waals surface area contributed by atoms with Crippen LogP contribution in [-0.4, -0.2) is 34.7 Å². The predicted octanol–water partition coefficient (Wildman–Crippen LogP) is 6.75. The Balaban J connectivity index is 1.47. The fourth-order valence-corrected chi connectivity index (χ4v) is 5.09. The summed E-state index contributed by atoms with van der Waals surface area (Å²) in [4.78, 5) is 26.1. The Morgan fingerprint density at radius 3 is 2.39 bits per heavy atom. The number of nitrogens with zero attached hydrogens (tertiary/aromatic N) is 2. The minimum absolute atomic E-state index is 0.148. The number of rotatable bonds is 11. The molecule has 214 valence electrons. The highest BCUT2D eigenvalue weighted by Gasteiger charge is 2.25. The summed E-state index contributed by atoms with van der Waals surface area (Å²) in [6.45, 7) is 8.32. The van der Waals surface area contributed by atoms with Gasteiger partial charge in [-0.05, 0) is 56.0 Å². The van der Waals surface area contributed by atoms with Gasteiger partial charge in [0, 0.05) is 33.7 Å². The molecule has 0 saturated carbocycles. The fourth-order valence-electron chi connectivity index (χ4n) is 4.64. The maximum atomic E-state index is 13.2. The number of hydrogen-bond acceptors (Lipinski definition) is 4. The van der Waals surface area contributed by atoms with E-state index in [0.717, 1.165) is 28.7 Å². The van der Waals surface area contributed by atoms with Crippen LogP contribution in [0.15, 0.2) is 77.9 Å². The molecule has 4 rings (SSSR count). The number of nitrogens with one attached hydrogen (secondary N) is 2. The van der Waals surface area contributed by atoms with Crippen LogP contribution in [0, 0.1) is 12.8 Å². The Kier molecular flexibility index (Phi) is 10.1. The molecular weight excluding hydrogens is 559 g/mol. The van der Waals surface area contributed by atoms with E-state index in [2.05, 4.69) is 38.6 Å². The molecule has 0 unspecified atom stereocenters. The fraction of sp³-hybridized carbons (Fsp3) is 0.281. The van der Waals surface area contributed by atoms with Crippen LogP contribution in [0.1, 0.15) is 44.0 Å². The van der Waals surface area contributed by atoms with Crippen LogP contribution in [-0.2, 0) is 16.1 Å². The molecule has 0 spiro atoms. The molecule has 2 amide bonds. The first-order chi connectivity index (χ1) is 19.6. The molecule has 0 aliphatic carbocycles. The van der Waals surface area contributed by atoms with Gasteiger partial charge in [-0.3, -0.25) is 9.59 Å². The van der Waals surface area contributed by atoms with E-state index in [4.69, 9.17) is 27.9 Å². The number of amides is 2. The van der Waals surface area contributed by atoms with Gasteiger partial charge in [-0.25, -0.2) is 5.43 Å². The van der Waals surface area contributed by atoms with E-state index >= 15 is 0 Å². The molecule has 0 radical (unpaired) electrons. The topological polar surface area (TPSA) is 84.7 Å². The summed E-state index contributed by atoms with van der Waals surface area (Å²) >= 11 is 12.1. The number of ether oxygens (including phenoxy) is 1. The number of aromatic nitrogens is 1. The molecule has 9 heteroatoms. The summed E-state index contributed by atoms with van der Waals surface area (Å²) in [7, 11) is 0. The van der Waals surface area contributed by atoms with E-state index in [1.807, 2.05) is 57.2 Å². The second-order valence-corrected chi connectivity index (χ2v) is 11.2. The molecule has 0 bridgehead atoms. The predicted molar refractivity (Wildman–Crippen MR) is 166 cm³/mol. The third-order valence-electron chi connectivity index (χ3n) is 6.74. The lowest BCUT2D eigenvalue weighted by Crippen LogP contribution is -2.49. The van der Waals surface area contributed by atoms with Gasteiger partial charge in [0.15, 0.2) is 6.10 Å². The Labute approximate surface area is 250 Å². The largest absolute Gasteiger partial charge is 0.479 e. The number of carbonyl (C=O) groups is 2. The van der Waals surface area contributed by atoms with Crippen LogP contribution in [0.25, 0.3) is 10.9 Å². The molecule has 41 heavy (non-hydrogen) atoms. The average molecular weight is 594 g/mol. The van der Waals surface area contributed by atoms with Crippen LogP contribution >= 0.6 is 23.2 Å². The zero-order valence-corrected chi connectivity index (χ0v) is 25.0. The zero-order chi connectivity index (χ0) is 29.5. The third-order valence-corrected chi connectivity index (χ3v) is 7.27. The summed E-state index contributed by atoms with van der Waals surface area (Å²) in [6, 6.07) is 22.3. The van der Waals surface area contributed by atoms with Crippen molar-refractivity contribution in [3.8, 4) is 5.75 Å². The van der Waals surface area contributed by atoms with Crippen molar-refractivity contribution in [2.45, 2.75) is 52.8 Å². The van der Waals surface area contributed by atoms with E-state index in [1.165, 1.54) is 11.6 Å². The highest BCUT2D eigenvalue weighted by atomic mass is 35.5. The number of carbonyl (C=O) groups excluding carboxylic acids is 2. The van der Waals surface area contributed by atoms with Crippen molar-refractivity contribution in [3.05, 3.63) is 99.7 Å². The summed E-state index contributed by atoms with van der Waals surface area (Å²) < 4.78 is 7.96. The molecule has 0 aliphatic heterocycles. The van der Waals surface area contributed by atoms with Gasteiger partial charge in [-0.2, -0.15) is 5.10 Å². The lowest BCUT2D eigenvalue weighted by molar-refractivity contribution is -0.132. The van der Waals surface area contributed by atoms with E-state index in [1.54, 1.807) is 25.3 Å². The quantitative estimate of drug-likeness (QED) is 0.149. The Bertz CT molecular complexity index is 1550. The highest BCUT2D eigenvalue weighted by molar-refractivity contribution is 6.35. The Morgan fingerprint density at radius 1 is 0.976 bits per heavy atom. The van der Waals surface area contributed by atoms with Crippen molar-refractivity contribution in [3.63, 3.8) is 0 Å². The zero-order valence-electron chi connectivity index (χ0n) is 23.5. The molecular formula is C32H34Cl2N4O3. The van der Waals surface area contributed by atoms with Gasteiger partial charge < -0.3 is 14.6 Å². The van der Waals surface area contributed by atoms with Gasteiger partial charge in [0.2, 0.25) is 0 Å². The minimum Gasteiger partial charge on any atom is -0.479 e. The van der Waals surface area contributed by atoms with E-state index in [9.17, 15) is 9.59 Å². The maximum Gasteiger partial charge on any atom is 0.262 e. The van der Waals surface area contributed by atoms with Crippen molar-refractivity contribution in [2.24, 2.45) is 11.0 Å². The molecule has 0 saturated heterocycles. The van der Waals surface area contributed by atoms with Crippen molar-refractivity contribution in [1.82, 2.24) is 15.3 Å². The highest BCUT2D eigenvalue weighted by Crippen LogP contribution is 2.28. The Morgan fingerprint density at radius 2 is 1.68 bits per heavy atom.